The van der Waals surface area contributed by atoms with E-state index >= 15 is 0 Å². The van der Waals surface area contributed by atoms with Gasteiger partial charge in [0.1, 0.15) is 0 Å². The number of aryl methyl sites for hydroxylation is 1. The van der Waals surface area contributed by atoms with Crippen LogP contribution in [0.2, 0.25) is 0 Å². The van der Waals surface area contributed by atoms with Gasteiger partial charge in [0, 0.05) is 32.4 Å². The third kappa shape index (κ3) is 2.47. The van der Waals surface area contributed by atoms with Crippen molar-refractivity contribution in [1.29, 1.82) is 0 Å². The highest BCUT2D eigenvalue weighted by Crippen LogP contribution is 2.21. The highest BCUT2D eigenvalue weighted by molar-refractivity contribution is 5.78. The number of aliphatic carboxylic acids is 1. The molecule has 6 nitrogen and oxygen atoms in total. The summed E-state index contributed by atoms with van der Waals surface area (Å²) in [7, 11) is 3.45. The van der Waals surface area contributed by atoms with Gasteiger partial charge in [0.05, 0.1) is 11.4 Å². The number of carboxylic acids is 1. The van der Waals surface area contributed by atoms with Crippen LogP contribution in [0.1, 0.15) is 6.92 Å². The van der Waals surface area contributed by atoms with Crippen molar-refractivity contribution < 1.29 is 14.3 Å². The summed E-state index contributed by atoms with van der Waals surface area (Å²) in [6, 6.07) is 5.37. The van der Waals surface area contributed by atoms with Gasteiger partial charge in [-0.05, 0) is 12.1 Å². The number of carboxylic acid groups (broad SMARTS) is 1. The molecule has 0 aliphatic rings. The predicted molar refractivity (Wildman–Crippen MR) is 71.5 cm³/mol. The van der Waals surface area contributed by atoms with Crippen molar-refractivity contribution in [2.45, 2.75) is 6.92 Å². The van der Waals surface area contributed by atoms with E-state index in [2.05, 4.69) is 0 Å². The molecule has 0 saturated heterocycles. The first-order chi connectivity index (χ1) is 8.90. The number of oxazole rings is 1. The summed E-state index contributed by atoms with van der Waals surface area (Å²) >= 11 is 0. The van der Waals surface area contributed by atoms with Crippen LogP contribution in [0.15, 0.2) is 27.4 Å². The SMILES string of the molecule is CC(CN(C)c1ccc2c(c1)oc(=O)n2C)C(=O)O. The largest absolute Gasteiger partial charge is 0.481 e. The number of carbonyl (C=O) groups is 1. The molecule has 1 aromatic heterocycles. The molecule has 1 heterocycles. The second-order valence-corrected chi connectivity index (χ2v) is 4.70. The van der Waals surface area contributed by atoms with Gasteiger partial charge < -0.3 is 14.4 Å². The van der Waals surface area contributed by atoms with Gasteiger partial charge in [-0.1, -0.05) is 6.92 Å². The standard InChI is InChI=1S/C13H16N2O4/c1-8(12(16)17)7-14(2)9-4-5-10-11(6-9)19-13(18)15(10)3/h4-6,8H,7H2,1-3H3,(H,16,17). The van der Waals surface area contributed by atoms with Crippen LogP contribution < -0.4 is 10.7 Å². The van der Waals surface area contributed by atoms with Gasteiger partial charge >= 0.3 is 11.7 Å². The summed E-state index contributed by atoms with van der Waals surface area (Å²) in [4.78, 5) is 24.1. The fourth-order valence-corrected chi connectivity index (χ4v) is 1.95. The fourth-order valence-electron chi connectivity index (χ4n) is 1.95. The molecule has 0 aliphatic heterocycles. The normalized spacial score (nSPS) is 12.6. The maximum atomic E-state index is 11.4. The van der Waals surface area contributed by atoms with E-state index in [1.54, 1.807) is 26.1 Å². The number of hydrogen-bond donors (Lipinski definition) is 1. The fraction of sp³-hybridized carbons (Fsp3) is 0.385. The van der Waals surface area contributed by atoms with Gasteiger partial charge in [0.25, 0.3) is 0 Å². The predicted octanol–water partition coefficient (Wildman–Crippen LogP) is 1.29. The third-order valence-electron chi connectivity index (χ3n) is 3.19. The van der Waals surface area contributed by atoms with E-state index in [-0.39, 0.29) is 0 Å². The van der Waals surface area contributed by atoms with Crippen LogP contribution in [0.4, 0.5) is 5.69 Å². The van der Waals surface area contributed by atoms with E-state index in [9.17, 15) is 9.59 Å². The lowest BCUT2D eigenvalue weighted by atomic mass is 10.1. The molecular weight excluding hydrogens is 248 g/mol. The first kappa shape index (κ1) is 13.2. The minimum atomic E-state index is -0.834. The van der Waals surface area contributed by atoms with Crippen LogP contribution in [0.3, 0.4) is 0 Å². The molecule has 19 heavy (non-hydrogen) atoms. The lowest BCUT2D eigenvalue weighted by molar-refractivity contribution is -0.140. The topological polar surface area (TPSA) is 75.7 Å². The minimum absolute atomic E-state index is 0.387. The minimum Gasteiger partial charge on any atom is -0.481 e. The van der Waals surface area contributed by atoms with Crippen molar-refractivity contribution in [3.63, 3.8) is 0 Å². The lowest BCUT2D eigenvalue weighted by Gasteiger charge is -2.21. The molecule has 1 aromatic carbocycles. The van der Waals surface area contributed by atoms with Crippen LogP contribution in [-0.4, -0.2) is 29.2 Å². The van der Waals surface area contributed by atoms with E-state index < -0.39 is 17.6 Å². The molecule has 0 aliphatic carbocycles. The van der Waals surface area contributed by atoms with Crippen molar-refractivity contribution in [2.24, 2.45) is 13.0 Å². The molecule has 0 bridgehead atoms. The van der Waals surface area contributed by atoms with E-state index in [1.165, 1.54) is 4.57 Å². The first-order valence-corrected chi connectivity index (χ1v) is 5.93. The Bertz CT molecular complexity index is 671. The molecule has 1 unspecified atom stereocenters. The summed E-state index contributed by atoms with van der Waals surface area (Å²) in [5.41, 5.74) is 2.03. The summed E-state index contributed by atoms with van der Waals surface area (Å²) in [6.07, 6.45) is 0. The number of benzene rings is 1. The number of hydrogen-bond acceptors (Lipinski definition) is 4. The number of fused-ring (bicyclic) bond motifs is 1. The molecule has 2 aromatic rings. The zero-order valence-electron chi connectivity index (χ0n) is 11.1. The van der Waals surface area contributed by atoms with Gasteiger partial charge in [0.15, 0.2) is 5.58 Å². The lowest BCUT2D eigenvalue weighted by Crippen LogP contribution is -2.28. The summed E-state index contributed by atoms with van der Waals surface area (Å²) in [5.74, 6) is -1.71. The Morgan fingerprint density at radius 3 is 2.84 bits per heavy atom. The maximum absolute atomic E-state index is 11.4. The molecule has 1 N–H and O–H groups in total. The number of aromatic nitrogens is 1. The van der Waals surface area contributed by atoms with Crippen LogP contribution in [0, 0.1) is 5.92 Å². The molecule has 0 saturated carbocycles. The van der Waals surface area contributed by atoms with Crippen molar-refractivity contribution in [1.82, 2.24) is 4.57 Å². The second kappa shape index (κ2) is 4.79. The Labute approximate surface area is 109 Å². The smallest absolute Gasteiger partial charge is 0.419 e. The third-order valence-corrected chi connectivity index (χ3v) is 3.19. The number of anilines is 1. The molecule has 0 amide bonds. The zero-order valence-corrected chi connectivity index (χ0v) is 11.1. The van der Waals surface area contributed by atoms with E-state index in [1.807, 2.05) is 18.0 Å². The Hall–Kier alpha value is -2.24. The van der Waals surface area contributed by atoms with Crippen LogP contribution in [0.5, 0.6) is 0 Å². The summed E-state index contributed by atoms with van der Waals surface area (Å²) < 4.78 is 6.54. The average molecular weight is 264 g/mol. The highest BCUT2D eigenvalue weighted by atomic mass is 16.4. The van der Waals surface area contributed by atoms with Crippen LogP contribution in [0.25, 0.3) is 11.1 Å². The molecule has 2 rings (SSSR count). The maximum Gasteiger partial charge on any atom is 0.419 e. The van der Waals surface area contributed by atoms with Gasteiger partial charge in [-0.2, -0.15) is 0 Å². The van der Waals surface area contributed by atoms with Gasteiger partial charge in [-0.25, -0.2) is 4.79 Å². The summed E-state index contributed by atoms with van der Waals surface area (Å²) in [6.45, 7) is 2.04. The van der Waals surface area contributed by atoms with Gasteiger partial charge in [0.2, 0.25) is 0 Å². The molecule has 0 fully saturated rings. The van der Waals surface area contributed by atoms with Crippen molar-refractivity contribution >= 4 is 22.8 Å². The van der Waals surface area contributed by atoms with Crippen LogP contribution >= 0.6 is 0 Å². The second-order valence-electron chi connectivity index (χ2n) is 4.70. The Kier molecular flexibility index (Phi) is 3.33. The highest BCUT2D eigenvalue weighted by Gasteiger charge is 2.15. The Morgan fingerprint density at radius 1 is 1.53 bits per heavy atom. The number of nitrogens with zero attached hydrogens (tertiary/aromatic N) is 2. The monoisotopic (exact) mass is 264 g/mol. The molecular formula is C13H16N2O4. The van der Waals surface area contributed by atoms with Crippen molar-refractivity contribution in [3.8, 4) is 0 Å². The van der Waals surface area contributed by atoms with Crippen molar-refractivity contribution in [3.05, 3.63) is 28.7 Å². The van der Waals surface area contributed by atoms with Crippen molar-refractivity contribution in [2.75, 3.05) is 18.5 Å². The molecule has 102 valence electrons. The van der Waals surface area contributed by atoms with E-state index in [0.717, 1.165) is 5.69 Å². The molecule has 6 heteroatoms. The van der Waals surface area contributed by atoms with E-state index in [0.29, 0.717) is 17.6 Å². The van der Waals surface area contributed by atoms with Crippen LogP contribution in [-0.2, 0) is 11.8 Å². The van der Waals surface area contributed by atoms with E-state index in [4.69, 9.17) is 9.52 Å². The quantitative estimate of drug-likeness (QED) is 0.900. The molecule has 0 radical (unpaired) electrons. The van der Waals surface area contributed by atoms with Gasteiger partial charge in [-0.15, -0.1) is 0 Å². The zero-order chi connectivity index (χ0) is 14.2. The summed E-state index contributed by atoms with van der Waals surface area (Å²) in [5, 5.41) is 8.90. The van der Waals surface area contributed by atoms with Gasteiger partial charge in [-0.3, -0.25) is 9.36 Å². The Balaban J connectivity index is 2.30. The average Bonchev–Trinajstić information content (AvgIpc) is 2.64. The molecule has 1 atom stereocenters. The first-order valence-electron chi connectivity index (χ1n) is 5.93. The number of rotatable bonds is 4. The Morgan fingerprint density at radius 2 is 2.21 bits per heavy atom. The molecule has 0 spiro atoms.